The summed E-state index contributed by atoms with van der Waals surface area (Å²) in [6.45, 7) is 7.74. The molecule has 0 aliphatic carbocycles. The van der Waals surface area contributed by atoms with E-state index in [1.807, 2.05) is 6.92 Å². The first kappa shape index (κ1) is 21.2. The smallest absolute Gasteiger partial charge is 0.261 e. The van der Waals surface area contributed by atoms with Gasteiger partial charge in [0.15, 0.2) is 0 Å². The van der Waals surface area contributed by atoms with Crippen LogP contribution in [0.25, 0.3) is 11.1 Å². The van der Waals surface area contributed by atoms with Crippen LogP contribution in [0.4, 0.5) is 11.5 Å². The van der Waals surface area contributed by atoms with Crippen molar-refractivity contribution in [2.75, 3.05) is 29.4 Å². The molecule has 1 aliphatic heterocycles. The fraction of sp³-hybridized carbons (Fsp3) is 0.318. The van der Waals surface area contributed by atoms with E-state index >= 15 is 0 Å². The van der Waals surface area contributed by atoms with Crippen LogP contribution in [0.1, 0.15) is 18.3 Å². The standard InChI is InChI=1S/C22H25N5O3S/c1-15-13-30-10-9-27(15)22-21(17(3)24-14-25-22)18-11-20(16(2)23-12-18)26-31(28,29)19-7-5-4-6-8-19/h4-8,11-12,14-15,26H,9-10,13H2,1-3H3/t15-/m1/s1. The van der Waals surface area contributed by atoms with Crippen molar-refractivity contribution in [2.24, 2.45) is 0 Å². The predicted molar refractivity (Wildman–Crippen MR) is 120 cm³/mol. The number of rotatable bonds is 5. The summed E-state index contributed by atoms with van der Waals surface area (Å²) in [5, 5.41) is 0. The lowest BCUT2D eigenvalue weighted by molar-refractivity contribution is 0.0986. The van der Waals surface area contributed by atoms with E-state index in [4.69, 9.17) is 4.74 Å². The van der Waals surface area contributed by atoms with E-state index in [0.29, 0.717) is 24.6 Å². The topological polar surface area (TPSA) is 97.3 Å². The quantitative estimate of drug-likeness (QED) is 0.652. The van der Waals surface area contributed by atoms with Crippen LogP contribution in [0.15, 0.2) is 53.8 Å². The van der Waals surface area contributed by atoms with Gasteiger partial charge in [-0.3, -0.25) is 9.71 Å². The highest BCUT2D eigenvalue weighted by Crippen LogP contribution is 2.34. The molecule has 0 unspecified atom stereocenters. The van der Waals surface area contributed by atoms with Crippen LogP contribution in [-0.2, 0) is 14.8 Å². The van der Waals surface area contributed by atoms with E-state index < -0.39 is 10.0 Å². The number of anilines is 2. The molecule has 1 fully saturated rings. The lowest BCUT2D eigenvalue weighted by Gasteiger charge is -2.35. The molecule has 3 heterocycles. The summed E-state index contributed by atoms with van der Waals surface area (Å²) in [6, 6.07) is 10.2. The molecule has 0 radical (unpaired) electrons. The van der Waals surface area contributed by atoms with Gasteiger partial charge in [-0.2, -0.15) is 0 Å². The highest BCUT2D eigenvalue weighted by Gasteiger charge is 2.25. The zero-order valence-corrected chi connectivity index (χ0v) is 18.6. The number of nitrogens with one attached hydrogen (secondary N) is 1. The molecule has 162 valence electrons. The summed E-state index contributed by atoms with van der Waals surface area (Å²) in [7, 11) is -3.73. The van der Waals surface area contributed by atoms with Crippen LogP contribution < -0.4 is 9.62 Å². The van der Waals surface area contributed by atoms with Crippen molar-refractivity contribution < 1.29 is 13.2 Å². The summed E-state index contributed by atoms with van der Waals surface area (Å²) in [5.41, 5.74) is 3.39. The maximum atomic E-state index is 12.8. The molecule has 31 heavy (non-hydrogen) atoms. The SMILES string of the molecule is Cc1ncc(-c2c(C)ncnc2N2CCOC[C@H]2C)cc1NS(=O)(=O)c1ccccc1. The minimum Gasteiger partial charge on any atom is -0.377 e. The van der Waals surface area contributed by atoms with Crippen LogP contribution >= 0.6 is 0 Å². The predicted octanol–water partition coefficient (Wildman–Crippen LogP) is 3.18. The first-order valence-corrected chi connectivity index (χ1v) is 11.6. The van der Waals surface area contributed by atoms with Gasteiger partial charge in [-0.15, -0.1) is 0 Å². The van der Waals surface area contributed by atoms with Gasteiger partial charge in [0.2, 0.25) is 0 Å². The summed E-state index contributed by atoms with van der Waals surface area (Å²) in [5.74, 6) is 0.797. The molecular weight excluding hydrogens is 414 g/mol. The summed E-state index contributed by atoms with van der Waals surface area (Å²) in [6.07, 6.45) is 3.28. The fourth-order valence-electron chi connectivity index (χ4n) is 3.64. The number of nitrogens with zero attached hydrogens (tertiary/aromatic N) is 4. The number of aryl methyl sites for hydroxylation is 2. The average Bonchev–Trinajstić information content (AvgIpc) is 2.76. The molecular formula is C22H25N5O3S. The average molecular weight is 440 g/mol. The third-order valence-electron chi connectivity index (χ3n) is 5.33. The van der Waals surface area contributed by atoms with Gasteiger partial charge in [-0.25, -0.2) is 18.4 Å². The van der Waals surface area contributed by atoms with Gasteiger partial charge in [0, 0.05) is 23.9 Å². The third kappa shape index (κ3) is 4.38. The molecule has 3 aromatic rings. The van der Waals surface area contributed by atoms with Gasteiger partial charge in [0.05, 0.1) is 41.2 Å². The van der Waals surface area contributed by atoms with E-state index in [1.54, 1.807) is 55.8 Å². The van der Waals surface area contributed by atoms with E-state index in [-0.39, 0.29) is 10.9 Å². The van der Waals surface area contributed by atoms with Gasteiger partial charge in [0.25, 0.3) is 10.0 Å². The molecule has 0 saturated carbocycles. The zero-order valence-electron chi connectivity index (χ0n) is 17.7. The maximum absolute atomic E-state index is 12.8. The molecule has 4 rings (SSSR count). The summed E-state index contributed by atoms with van der Waals surface area (Å²) < 4.78 is 33.9. The molecule has 8 nitrogen and oxygen atoms in total. The number of aromatic nitrogens is 3. The Morgan fingerprint density at radius 1 is 1.10 bits per heavy atom. The number of hydrogen-bond acceptors (Lipinski definition) is 7. The molecule has 9 heteroatoms. The molecule has 0 spiro atoms. The molecule has 1 saturated heterocycles. The Kier molecular flexibility index (Phi) is 5.88. The molecule has 1 aromatic carbocycles. The van der Waals surface area contributed by atoms with E-state index in [0.717, 1.165) is 29.2 Å². The Morgan fingerprint density at radius 3 is 2.61 bits per heavy atom. The van der Waals surface area contributed by atoms with Crippen LogP contribution in [-0.4, -0.2) is 49.2 Å². The van der Waals surface area contributed by atoms with E-state index in [1.165, 1.54) is 0 Å². The minimum atomic E-state index is -3.73. The van der Waals surface area contributed by atoms with Crippen molar-refractivity contribution >= 4 is 21.5 Å². The fourth-order valence-corrected chi connectivity index (χ4v) is 4.76. The first-order valence-electron chi connectivity index (χ1n) is 10.1. The Balaban J connectivity index is 1.76. The van der Waals surface area contributed by atoms with E-state index in [9.17, 15) is 8.42 Å². The minimum absolute atomic E-state index is 0.163. The first-order chi connectivity index (χ1) is 14.9. The maximum Gasteiger partial charge on any atom is 0.261 e. The van der Waals surface area contributed by atoms with E-state index in [2.05, 4.69) is 31.5 Å². The van der Waals surface area contributed by atoms with Gasteiger partial charge in [-0.1, -0.05) is 18.2 Å². The summed E-state index contributed by atoms with van der Waals surface area (Å²) in [4.78, 5) is 15.8. The van der Waals surface area contributed by atoms with Crippen LogP contribution in [0.5, 0.6) is 0 Å². The highest BCUT2D eigenvalue weighted by atomic mass is 32.2. The number of benzene rings is 1. The monoisotopic (exact) mass is 439 g/mol. The number of sulfonamides is 1. The van der Waals surface area contributed by atoms with Crippen molar-refractivity contribution in [3.8, 4) is 11.1 Å². The van der Waals surface area contributed by atoms with Gasteiger partial charge in [0.1, 0.15) is 12.1 Å². The van der Waals surface area contributed by atoms with Crippen molar-refractivity contribution in [1.82, 2.24) is 15.0 Å². The van der Waals surface area contributed by atoms with Gasteiger partial charge < -0.3 is 9.64 Å². The molecule has 2 aromatic heterocycles. The van der Waals surface area contributed by atoms with Crippen molar-refractivity contribution in [3.05, 3.63) is 60.3 Å². The normalized spacial score (nSPS) is 16.9. The lowest BCUT2D eigenvalue weighted by atomic mass is 10.0. The Labute approximate surface area is 182 Å². The second-order valence-corrected chi connectivity index (χ2v) is 9.23. The van der Waals surface area contributed by atoms with Gasteiger partial charge in [-0.05, 0) is 39.0 Å². The van der Waals surface area contributed by atoms with Gasteiger partial charge >= 0.3 is 0 Å². The highest BCUT2D eigenvalue weighted by molar-refractivity contribution is 7.92. The number of pyridine rings is 1. The second-order valence-electron chi connectivity index (χ2n) is 7.55. The Hall–Kier alpha value is -3.04. The largest absolute Gasteiger partial charge is 0.377 e. The van der Waals surface area contributed by atoms with Crippen LogP contribution in [0.2, 0.25) is 0 Å². The third-order valence-corrected chi connectivity index (χ3v) is 6.71. The number of ether oxygens (including phenoxy) is 1. The van der Waals surface area contributed by atoms with Crippen molar-refractivity contribution in [2.45, 2.75) is 31.7 Å². The number of morpholine rings is 1. The van der Waals surface area contributed by atoms with Crippen LogP contribution in [0.3, 0.4) is 0 Å². The second kappa shape index (κ2) is 8.60. The molecule has 1 atom stereocenters. The Morgan fingerprint density at radius 2 is 1.87 bits per heavy atom. The lowest BCUT2D eigenvalue weighted by Crippen LogP contribution is -2.44. The van der Waals surface area contributed by atoms with Crippen molar-refractivity contribution in [3.63, 3.8) is 0 Å². The zero-order chi connectivity index (χ0) is 22.0. The van der Waals surface area contributed by atoms with Crippen molar-refractivity contribution in [1.29, 1.82) is 0 Å². The molecule has 1 N–H and O–H groups in total. The molecule has 0 bridgehead atoms. The number of hydrogen-bond donors (Lipinski definition) is 1. The summed E-state index contributed by atoms with van der Waals surface area (Å²) >= 11 is 0. The van der Waals surface area contributed by atoms with Crippen LogP contribution in [0, 0.1) is 13.8 Å². The molecule has 0 amide bonds. The Bertz CT molecular complexity index is 1190. The molecule has 1 aliphatic rings.